The van der Waals surface area contributed by atoms with Crippen molar-refractivity contribution in [3.05, 3.63) is 52.9 Å². The van der Waals surface area contributed by atoms with Crippen LogP contribution in [0.1, 0.15) is 12.0 Å². The summed E-state index contributed by atoms with van der Waals surface area (Å²) in [4.78, 5) is 7.13. The lowest BCUT2D eigenvalue weighted by atomic mass is 9.81. The summed E-state index contributed by atoms with van der Waals surface area (Å²) in [5.41, 5.74) is -0.754. The largest absolute Gasteiger partial charge is 0.378 e. The molecule has 1 aromatic carbocycles. The minimum atomic E-state index is -1.48. The summed E-state index contributed by atoms with van der Waals surface area (Å²) in [6, 6.07) is 10.2. The van der Waals surface area contributed by atoms with Crippen molar-refractivity contribution < 1.29 is 13.3 Å². The predicted octanol–water partition coefficient (Wildman–Crippen LogP) is 2.90. The Balaban J connectivity index is 1.50. The number of ether oxygens (including phenoxy) is 1. The zero-order chi connectivity index (χ0) is 20.4. The van der Waals surface area contributed by atoms with E-state index in [0.29, 0.717) is 36.6 Å². The van der Waals surface area contributed by atoms with Crippen LogP contribution >= 0.6 is 11.6 Å². The summed E-state index contributed by atoms with van der Waals surface area (Å²) < 4.78 is 34.5. The van der Waals surface area contributed by atoms with Gasteiger partial charge in [-0.05, 0) is 30.7 Å². The number of pyridine rings is 1. The number of rotatable bonds is 4. The van der Waals surface area contributed by atoms with Gasteiger partial charge in [0.25, 0.3) is 0 Å². The highest BCUT2D eigenvalue weighted by atomic mass is 35.5. The highest BCUT2D eigenvalue weighted by molar-refractivity contribution is 7.82. The second-order valence-electron chi connectivity index (χ2n) is 7.13. The number of hydrogen-bond donors (Lipinski definition) is 0. The molecule has 2 unspecified atom stereocenters. The molecule has 9 heteroatoms. The third kappa shape index (κ3) is 4.01. The van der Waals surface area contributed by atoms with Gasteiger partial charge in [0.15, 0.2) is 0 Å². The number of morpholine rings is 1. The Kier molecular flexibility index (Phi) is 5.83. The number of aromatic nitrogens is 1. The van der Waals surface area contributed by atoms with Crippen molar-refractivity contribution in [3.8, 4) is 6.07 Å². The van der Waals surface area contributed by atoms with Gasteiger partial charge >= 0.3 is 0 Å². The monoisotopic (exact) mass is 434 g/mol. The highest BCUT2D eigenvalue weighted by Crippen LogP contribution is 2.37. The quantitative estimate of drug-likeness (QED) is 0.740. The van der Waals surface area contributed by atoms with Crippen LogP contribution in [0.15, 0.2) is 41.4 Å². The van der Waals surface area contributed by atoms with Gasteiger partial charge < -0.3 is 9.64 Å². The Bertz CT molecular complexity index is 962. The smallest absolute Gasteiger partial charge is 0.129 e. The lowest BCUT2D eigenvalue weighted by Crippen LogP contribution is -2.36. The molecule has 0 N–H and O–H groups in total. The van der Waals surface area contributed by atoms with Crippen molar-refractivity contribution >= 4 is 28.4 Å². The van der Waals surface area contributed by atoms with Gasteiger partial charge in [0, 0.05) is 43.0 Å². The van der Waals surface area contributed by atoms with E-state index in [1.165, 1.54) is 6.07 Å². The van der Waals surface area contributed by atoms with E-state index < -0.39 is 22.2 Å². The van der Waals surface area contributed by atoms with Crippen molar-refractivity contribution in [2.45, 2.75) is 16.7 Å². The molecule has 2 saturated heterocycles. The number of benzene rings is 1. The van der Waals surface area contributed by atoms with Crippen molar-refractivity contribution in [1.82, 2.24) is 9.29 Å². The summed E-state index contributed by atoms with van der Waals surface area (Å²) in [6.45, 7) is 3.49. The van der Waals surface area contributed by atoms with Crippen LogP contribution in [-0.4, -0.2) is 52.9 Å². The maximum Gasteiger partial charge on any atom is 0.129 e. The summed E-state index contributed by atoms with van der Waals surface area (Å²) in [5.74, 6) is 0.313. The molecule has 2 atom stereocenters. The van der Waals surface area contributed by atoms with Crippen LogP contribution in [0.4, 0.5) is 10.2 Å². The normalized spacial score (nSPS) is 23.7. The standard InChI is InChI=1S/C20H20ClFN4O2S/c21-15-1-3-17(18(22)11-15)20(13-23)5-6-26(14-20)29(27)16-2-4-19(24-12-16)25-7-9-28-10-8-25/h1-4,11-12H,5-10,14H2. The maximum absolute atomic E-state index is 14.5. The van der Waals surface area contributed by atoms with Gasteiger partial charge in [-0.3, -0.25) is 0 Å². The van der Waals surface area contributed by atoms with E-state index >= 15 is 0 Å². The molecule has 0 saturated carbocycles. The van der Waals surface area contributed by atoms with Crippen LogP contribution in [-0.2, 0) is 21.1 Å². The SMILES string of the molecule is N#CC1(c2ccc(Cl)cc2F)CCN(S(=O)c2ccc(N3CCOCC3)nc2)C1. The Labute approximate surface area is 176 Å². The molecule has 1 aromatic heterocycles. The maximum atomic E-state index is 14.5. The fourth-order valence-electron chi connectivity index (χ4n) is 3.77. The van der Waals surface area contributed by atoms with Crippen molar-refractivity contribution in [1.29, 1.82) is 5.26 Å². The van der Waals surface area contributed by atoms with Crippen LogP contribution < -0.4 is 4.90 Å². The zero-order valence-corrected chi connectivity index (χ0v) is 17.3. The van der Waals surface area contributed by atoms with E-state index in [4.69, 9.17) is 16.3 Å². The molecule has 3 heterocycles. The lowest BCUT2D eigenvalue weighted by Gasteiger charge is -2.27. The molecule has 152 valence electrons. The molecule has 4 rings (SSSR count). The molecule has 6 nitrogen and oxygen atoms in total. The molecular weight excluding hydrogens is 415 g/mol. The second-order valence-corrected chi connectivity index (χ2v) is 9.05. The van der Waals surface area contributed by atoms with Crippen LogP contribution in [0.25, 0.3) is 0 Å². The van der Waals surface area contributed by atoms with E-state index in [-0.39, 0.29) is 11.6 Å². The molecule has 0 spiro atoms. The molecule has 29 heavy (non-hydrogen) atoms. The average molecular weight is 435 g/mol. The first-order valence-corrected chi connectivity index (χ1v) is 10.8. The van der Waals surface area contributed by atoms with Gasteiger partial charge in [-0.25, -0.2) is 17.9 Å². The van der Waals surface area contributed by atoms with E-state index in [2.05, 4.69) is 16.0 Å². The van der Waals surface area contributed by atoms with E-state index in [1.54, 1.807) is 28.7 Å². The van der Waals surface area contributed by atoms with Crippen molar-refractivity contribution in [2.24, 2.45) is 0 Å². The van der Waals surface area contributed by atoms with Gasteiger partial charge in [0.2, 0.25) is 0 Å². The Hall–Kier alpha value is -2.05. The summed E-state index contributed by atoms with van der Waals surface area (Å²) in [6.07, 6.45) is 2.00. The Morgan fingerprint density at radius 3 is 2.69 bits per heavy atom. The number of halogens is 2. The first-order valence-electron chi connectivity index (χ1n) is 9.35. The van der Waals surface area contributed by atoms with E-state index in [1.807, 2.05) is 6.07 Å². The summed E-state index contributed by atoms with van der Waals surface area (Å²) in [5, 5.41) is 10.1. The van der Waals surface area contributed by atoms with E-state index in [0.717, 1.165) is 18.9 Å². The number of nitrogens with zero attached hydrogens (tertiary/aromatic N) is 4. The highest BCUT2D eigenvalue weighted by Gasteiger charge is 2.44. The minimum Gasteiger partial charge on any atom is -0.378 e. The lowest BCUT2D eigenvalue weighted by molar-refractivity contribution is 0.122. The third-order valence-corrected chi connectivity index (χ3v) is 7.05. The first-order chi connectivity index (χ1) is 14.0. The molecule has 0 radical (unpaired) electrons. The molecule has 0 bridgehead atoms. The predicted molar refractivity (Wildman–Crippen MR) is 109 cm³/mol. The third-order valence-electron chi connectivity index (χ3n) is 5.39. The number of anilines is 1. The Morgan fingerprint density at radius 2 is 2.03 bits per heavy atom. The van der Waals surface area contributed by atoms with Gasteiger partial charge in [0.1, 0.15) is 22.6 Å². The van der Waals surface area contributed by atoms with E-state index in [9.17, 15) is 13.9 Å². The van der Waals surface area contributed by atoms with Crippen LogP contribution in [0.3, 0.4) is 0 Å². The molecule has 0 aliphatic carbocycles. The molecule has 0 amide bonds. The minimum absolute atomic E-state index is 0.180. The Morgan fingerprint density at radius 1 is 1.24 bits per heavy atom. The number of nitriles is 1. The first kappa shape index (κ1) is 20.2. The van der Waals surface area contributed by atoms with Crippen LogP contribution in [0.5, 0.6) is 0 Å². The number of hydrogen-bond acceptors (Lipinski definition) is 5. The second kappa shape index (κ2) is 8.36. The molecule has 2 aliphatic rings. The summed E-state index contributed by atoms with van der Waals surface area (Å²) >= 11 is 5.84. The molecule has 2 aromatic rings. The van der Waals surface area contributed by atoms with Gasteiger partial charge in [0.05, 0.1) is 29.6 Å². The average Bonchev–Trinajstić information content (AvgIpc) is 3.19. The fourth-order valence-corrected chi connectivity index (χ4v) is 5.15. The molecular formula is C20H20ClFN4O2S. The van der Waals surface area contributed by atoms with Gasteiger partial charge in [-0.15, -0.1) is 0 Å². The summed E-state index contributed by atoms with van der Waals surface area (Å²) in [7, 11) is -1.48. The fraction of sp³-hybridized carbons (Fsp3) is 0.400. The molecule has 2 fully saturated rings. The van der Waals surface area contributed by atoms with Crippen molar-refractivity contribution in [3.63, 3.8) is 0 Å². The topological polar surface area (TPSA) is 69.5 Å². The molecule has 2 aliphatic heterocycles. The zero-order valence-electron chi connectivity index (χ0n) is 15.7. The van der Waals surface area contributed by atoms with Crippen LogP contribution in [0.2, 0.25) is 5.02 Å². The van der Waals surface area contributed by atoms with Gasteiger partial charge in [-0.2, -0.15) is 5.26 Å². The van der Waals surface area contributed by atoms with Crippen molar-refractivity contribution in [2.75, 3.05) is 44.3 Å². The van der Waals surface area contributed by atoms with Crippen LogP contribution in [0, 0.1) is 17.1 Å². The van der Waals surface area contributed by atoms with Gasteiger partial charge in [-0.1, -0.05) is 17.7 Å².